The second kappa shape index (κ2) is 8.58. The van der Waals surface area contributed by atoms with Gasteiger partial charge >= 0.3 is 5.97 Å². The van der Waals surface area contributed by atoms with E-state index in [1.807, 2.05) is 55.3 Å². The van der Waals surface area contributed by atoms with E-state index in [2.05, 4.69) is 5.32 Å². The van der Waals surface area contributed by atoms with E-state index in [9.17, 15) is 9.59 Å². The van der Waals surface area contributed by atoms with Gasteiger partial charge in [0.2, 0.25) is 5.91 Å². The molecule has 26 heavy (non-hydrogen) atoms. The number of esters is 1. The minimum Gasteiger partial charge on any atom is -0.464 e. The van der Waals surface area contributed by atoms with Gasteiger partial charge in [-0.1, -0.05) is 55.9 Å². The van der Waals surface area contributed by atoms with Crippen molar-refractivity contribution in [3.63, 3.8) is 0 Å². The smallest absolute Gasteiger partial charge is 0.333 e. The number of carbonyl (C=O) groups excluding carboxylic acids is 2. The number of aliphatic imine (C=N–C) groups is 1. The largest absolute Gasteiger partial charge is 0.464 e. The van der Waals surface area contributed by atoms with Gasteiger partial charge in [0, 0.05) is 12.5 Å². The Morgan fingerprint density at radius 2 is 2.00 bits per heavy atom. The summed E-state index contributed by atoms with van der Waals surface area (Å²) in [4.78, 5) is 31.7. The van der Waals surface area contributed by atoms with Crippen LogP contribution in [0.5, 0.6) is 0 Å². The Balaban J connectivity index is 2.39. The van der Waals surface area contributed by atoms with Gasteiger partial charge in [0.05, 0.1) is 6.61 Å². The Kier molecular flexibility index (Phi) is 6.69. The molecule has 2 rings (SSSR count). The van der Waals surface area contributed by atoms with Gasteiger partial charge < -0.3 is 15.0 Å². The summed E-state index contributed by atoms with van der Waals surface area (Å²) < 4.78 is 5.31. The molecule has 2 unspecified atom stereocenters. The van der Waals surface area contributed by atoms with Crippen LogP contribution in [0.4, 0.5) is 0 Å². The van der Waals surface area contributed by atoms with Crippen LogP contribution >= 0.6 is 11.8 Å². The van der Waals surface area contributed by atoms with Crippen molar-refractivity contribution in [1.29, 1.82) is 0 Å². The van der Waals surface area contributed by atoms with Crippen molar-refractivity contribution in [1.82, 2.24) is 10.2 Å². The number of amidine groups is 1. The molecule has 0 saturated heterocycles. The molecule has 1 aromatic rings. The van der Waals surface area contributed by atoms with Crippen LogP contribution in [-0.2, 0) is 20.9 Å². The number of nitrogens with zero attached hydrogens (tertiary/aromatic N) is 2. The highest BCUT2D eigenvalue weighted by atomic mass is 32.2. The lowest BCUT2D eigenvalue weighted by Crippen LogP contribution is -2.59. The van der Waals surface area contributed by atoms with Gasteiger partial charge in [-0.05, 0) is 25.7 Å². The molecule has 1 aromatic carbocycles. The van der Waals surface area contributed by atoms with Crippen molar-refractivity contribution in [2.24, 2.45) is 10.9 Å². The van der Waals surface area contributed by atoms with E-state index in [4.69, 9.17) is 9.73 Å². The first-order valence-corrected chi connectivity index (χ1v) is 9.98. The number of hydrogen-bond acceptors (Lipinski definition) is 6. The Hall–Kier alpha value is -2.02. The highest BCUT2D eigenvalue weighted by molar-refractivity contribution is 8.13. The minimum atomic E-state index is -1.07. The zero-order chi connectivity index (χ0) is 19.3. The number of rotatable bonds is 6. The van der Waals surface area contributed by atoms with Crippen LogP contribution in [-0.4, -0.2) is 46.5 Å². The van der Waals surface area contributed by atoms with Crippen LogP contribution in [0.2, 0.25) is 0 Å². The summed E-state index contributed by atoms with van der Waals surface area (Å²) in [7, 11) is 0. The third-order valence-corrected chi connectivity index (χ3v) is 4.90. The normalized spacial score (nSPS) is 22.3. The first-order valence-electron chi connectivity index (χ1n) is 8.75. The van der Waals surface area contributed by atoms with Gasteiger partial charge in [0.15, 0.2) is 16.9 Å². The standard InChI is InChI=1S/C19H27N3O3S/c1-6-25-17(24)15-19(4,20-16(23)13(2)3)21-18(26-5)22(15)12-14-10-8-7-9-11-14/h7-11,13,15H,6,12H2,1-5H3,(H,20,23). The summed E-state index contributed by atoms with van der Waals surface area (Å²) in [6.45, 7) is 7.96. The van der Waals surface area contributed by atoms with E-state index in [0.717, 1.165) is 5.56 Å². The van der Waals surface area contributed by atoms with Gasteiger partial charge in [0.1, 0.15) is 0 Å². The van der Waals surface area contributed by atoms with Crippen LogP contribution in [0.1, 0.15) is 33.3 Å². The van der Waals surface area contributed by atoms with Crippen molar-refractivity contribution in [3.05, 3.63) is 35.9 Å². The van der Waals surface area contributed by atoms with Gasteiger partial charge in [0.25, 0.3) is 0 Å². The van der Waals surface area contributed by atoms with Crippen molar-refractivity contribution < 1.29 is 14.3 Å². The van der Waals surface area contributed by atoms with E-state index < -0.39 is 11.7 Å². The Morgan fingerprint density at radius 1 is 1.35 bits per heavy atom. The number of carbonyl (C=O) groups is 2. The highest BCUT2D eigenvalue weighted by Gasteiger charge is 2.51. The lowest BCUT2D eigenvalue weighted by molar-refractivity contribution is -0.150. The summed E-state index contributed by atoms with van der Waals surface area (Å²) in [5, 5.41) is 3.65. The molecule has 0 fully saturated rings. The summed E-state index contributed by atoms with van der Waals surface area (Å²) in [6.07, 6.45) is 1.91. The third-order valence-electron chi connectivity index (χ3n) is 4.21. The van der Waals surface area contributed by atoms with Crippen LogP contribution in [0.15, 0.2) is 35.3 Å². The van der Waals surface area contributed by atoms with Gasteiger partial charge in [-0.15, -0.1) is 0 Å². The first-order chi connectivity index (χ1) is 12.3. The summed E-state index contributed by atoms with van der Waals surface area (Å²) >= 11 is 1.45. The van der Waals surface area contributed by atoms with E-state index >= 15 is 0 Å². The summed E-state index contributed by atoms with van der Waals surface area (Å²) in [6, 6.07) is 9.16. The number of nitrogens with one attached hydrogen (secondary N) is 1. The number of amides is 1. The van der Waals surface area contributed by atoms with E-state index in [0.29, 0.717) is 11.7 Å². The first kappa shape index (κ1) is 20.3. The highest BCUT2D eigenvalue weighted by Crippen LogP contribution is 2.32. The minimum absolute atomic E-state index is 0.146. The molecule has 7 heteroatoms. The molecule has 0 spiro atoms. The van der Waals surface area contributed by atoms with Crippen LogP contribution in [0.3, 0.4) is 0 Å². The molecule has 1 amide bonds. The molecule has 0 aliphatic carbocycles. The van der Waals surface area contributed by atoms with E-state index in [-0.39, 0.29) is 24.4 Å². The second-order valence-corrected chi connectivity index (χ2v) is 7.43. The van der Waals surface area contributed by atoms with Crippen molar-refractivity contribution >= 4 is 28.8 Å². The topological polar surface area (TPSA) is 71.0 Å². The van der Waals surface area contributed by atoms with Gasteiger partial charge in [-0.25, -0.2) is 9.79 Å². The monoisotopic (exact) mass is 377 g/mol. The lowest BCUT2D eigenvalue weighted by Gasteiger charge is -2.34. The Morgan fingerprint density at radius 3 is 2.54 bits per heavy atom. The molecule has 0 radical (unpaired) electrons. The average Bonchev–Trinajstić information content (AvgIpc) is 2.87. The molecule has 0 bridgehead atoms. The Bertz CT molecular complexity index is 678. The molecule has 142 valence electrons. The zero-order valence-corrected chi connectivity index (χ0v) is 16.8. The number of thioether (sulfide) groups is 1. The fraction of sp³-hybridized carbons (Fsp3) is 0.526. The van der Waals surface area contributed by atoms with Gasteiger partial charge in [-0.3, -0.25) is 4.79 Å². The quantitative estimate of drug-likeness (QED) is 0.772. The molecular formula is C19H27N3O3S. The molecule has 0 aromatic heterocycles. The van der Waals surface area contributed by atoms with Crippen LogP contribution in [0, 0.1) is 5.92 Å². The molecule has 1 N–H and O–H groups in total. The van der Waals surface area contributed by atoms with Gasteiger partial charge in [-0.2, -0.15) is 0 Å². The Labute approximate surface area is 159 Å². The van der Waals surface area contributed by atoms with E-state index in [1.54, 1.807) is 13.8 Å². The molecule has 6 nitrogen and oxygen atoms in total. The molecule has 0 saturated carbocycles. The number of hydrogen-bond donors (Lipinski definition) is 1. The fourth-order valence-electron chi connectivity index (χ4n) is 2.91. The molecule has 2 atom stereocenters. The molecule has 1 heterocycles. The maximum atomic E-state index is 12.8. The SMILES string of the molecule is CCOC(=O)C1N(Cc2ccccc2)C(SC)=NC1(C)NC(=O)C(C)C. The number of ether oxygens (including phenoxy) is 1. The summed E-state index contributed by atoms with van der Waals surface area (Å²) in [5.41, 5.74) is -0.0104. The van der Waals surface area contributed by atoms with Crippen molar-refractivity contribution in [2.75, 3.05) is 12.9 Å². The maximum absolute atomic E-state index is 12.8. The average molecular weight is 378 g/mol. The second-order valence-electron chi connectivity index (χ2n) is 6.66. The fourth-order valence-corrected chi connectivity index (χ4v) is 3.59. The lowest BCUT2D eigenvalue weighted by atomic mass is 10.0. The van der Waals surface area contributed by atoms with Crippen molar-refractivity contribution in [3.8, 4) is 0 Å². The van der Waals surface area contributed by atoms with E-state index in [1.165, 1.54) is 11.8 Å². The molecular weight excluding hydrogens is 350 g/mol. The van der Waals surface area contributed by atoms with Crippen molar-refractivity contribution in [2.45, 2.75) is 45.9 Å². The van der Waals surface area contributed by atoms with Crippen LogP contribution < -0.4 is 5.32 Å². The number of benzene rings is 1. The molecule has 1 aliphatic heterocycles. The molecule has 1 aliphatic rings. The maximum Gasteiger partial charge on any atom is 0.333 e. The zero-order valence-electron chi connectivity index (χ0n) is 16.0. The predicted octanol–water partition coefficient (Wildman–Crippen LogP) is 2.64. The summed E-state index contributed by atoms with van der Waals surface area (Å²) in [5.74, 6) is -0.735. The third kappa shape index (κ3) is 4.38. The predicted molar refractivity (Wildman–Crippen MR) is 105 cm³/mol. The van der Waals surface area contributed by atoms with Crippen LogP contribution in [0.25, 0.3) is 0 Å².